The lowest BCUT2D eigenvalue weighted by molar-refractivity contribution is 0.322. The molecule has 0 amide bonds. The van der Waals surface area contributed by atoms with E-state index in [9.17, 15) is 0 Å². The van der Waals surface area contributed by atoms with Gasteiger partial charge in [-0.2, -0.15) is 11.8 Å². The van der Waals surface area contributed by atoms with Crippen LogP contribution in [0.1, 0.15) is 27.2 Å². The highest BCUT2D eigenvalue weighted by Gasteiger charge is 1.96. The summed E-state index contributed by atoms with van der Waals surface area (Å²) in [5, 5.41) is 11.9. The van der Waals surface area contributed by atoms with Crippen molar-refractivity contribution in [2.75, 3.05) is 37.7 Å². The van der Waals surface area contributed by atoms with Crippen LogP contribution in [0, 0.1) is 5.92 Å². The fourth-order valence-electron chi connectivity index (χ4n) is 1.42. The van der Waals surface area contributed by atoms with Gasteiger partial charge < -0.3 is 10.4 Å². The zero-order valence-electron chi connectivity index (χ0n) is 10.8. The number of nitrogens with one attached hydrogen (secondary N) is 1. The van der Waals surface area contributed by atoms with Gasteiger partial charge in [0.05, 0.1) is 13.2 Å². The van der Waals surface area contributed by atoms with E-state index >= 15 is 0 Å². The maximum absolute atomic E-state index is 8.58. The van der Waals surface area contributed by atoms with Gasteiger partial charge in [-0.25, -0.2) is 0 Å². The van der Waals surface area contributed by atoms with Gasteiger partial charge in [0.2, 0.25) is 0 Å². The Labute approximate surface area is 104 Å². The average Bonchev–Trinajstić information content (AvgIpc) is 2.21. The van der Waals surface area contributed by atoms with Gasteiger partial charge in [-0.1, -0.05) is 13.8 Å². The molecule has 3 nitrogen and oxygen atoms in total. The Bertz CT molecular complexity index is 184. The summed E-state index contributed by atoms with van der Waals surface area (Å²) in [6.07, 6.45) is 1.10. The highest BCUT2D eigenvalue weighted by molar-refractivity contribution is 7.99. The van der Waals surface area contributed by atoms with Crippen molar-refractivity contribution in [2.24, 2.45) is 10.9 Å². The number of aliphatic hydroxyl groups is 1. The Kier molecular flexibility index (Phi) is 11.4. The normalized spacial score (nSPS) is 12.4. The van der Waals surface area contributed by atoms with Crippen LogP contribution in [0.3, 0.4) is 0 Å². The van der Waals surface area contributed by atoms with Crippen molar-refractivity contribution in [2.45, 2.75) is 27.2 Å². The molecule has 0 unspecified atom stereocenters. The van der Waals surface area contributed by atoms with Crippen LogP contribution in [-0.2, 0) is 0 Å². The fraction of sp³-hybridized carbons (Fsp3) is 0.917. The summed E-state index contributed by atoms with van der Waals surface area (Å²) in [6, 6.07) is 0. The molecule has 0 saturated heterocycles. The van der Waals surface area contributed by atoms with Gasteiger partial charge in [0.25, 0.3) is 0 Å². The summed E-state index contributed by atoms with van der Waals surface area (Å²) in [7, 11) is 0. The zero-order valence-corrected chi connectivity index (χ0v) is 11.6. The molecule has 0 aromatic rings. The van der Waals surface area contributed by atoms with Crippen LogP contribution in [0.25, 0.3) is 0 Å². The molecule has 0 aliphatic heterocycles. The number of hydrogen-bond donors (Lipinski definition) is 2. The largest absolute Gasteiger partial charge is 0.396 e. The summed E-state index contributed by atoms with van der Waals surface area (Å²) in [5.74, 6) is 2.61. The number of aliphatic imine (C=N–C) groups is 1. The SMILES string of the molecule is CC(CC(C)C)=NCCNCCSCCO. The van der Waals surface area contributed by atoms with E-state index in [1.807, 2.05) is 0 Å². The number of hydrogen-bond acceptors (Lipinski definition) is 4. The number of aliphatic hydroxyl groups excluding tert-OH is 1. The molecular formula is C12H26N2OS. The van der Waals surface area contributed by atoms with Crippen molar-refractivity contribution in [3.05, 3.63) is 0 Å². The van der Waals surface area contributed by atoms with Crippen molar-refractivity contribution in [1.29, 1.82) is 0 Å². The molecule has 16 heavy (non-hydrogen) atoms. The van der Waals surface area contributed by atoms with Crippen LogP contribution in [0.4, 0.5) is 0 Å². The Morgan fingerprint density at radius 1 is 1.31 bits per heavy atom. The number of thioether (sulfide) groups is 1. The van der Waals surface area contributed by atoms with Crippen molar-refractivity contribution in [3.63, 3.8) is 0 Å². The second kappa shape index (κ2) is 11.4. The van der Waals surface area contributed by atoms with Crippen molar-refractivity contribution in [1.82, 2.24) is 5.32 Å². The molecule has 0 radical (unpaired) electrons. The summed E-state index contributed by atoms with van der Waals surface area (Å²) < 4.78 is 0. The molecule has 4 heteroatoms. The lowest BCUT2D eigenvalue weighted by atomic mass is 10.1. The van der Waals surface area contributed by atoms with E-state index in [1.54, 1.807) is 11.8 Å². The Hall–Kier alpha value is -0.0600. The van der Waals surface area contributed by atoms with Crippen molar-refractivity contribution >= 4 is 17.5 Å². The van der Waals surface area contributed by atoms with E-state index in [2.05, 4.69) is 31.1 Å². The van der Waals surface area contributed by atoms with Gasteiger partial charge in [0.1, 0.15) is 0 Å². The van der Waals surface area contributed by atoms with Gasteiger partial charge in [-0.05, 0) is 19.3 Å². The molecule has 0 aromatic carbocycles. The first-order valence-electron chi connectivity index (χ1n) is 6.06. The van der Waals surface area contributed by atoms with Gasteiger partial charge >= 0.3 is 0 Å². The average molecular weight is 246 g/mol. The molecule has 0 bridgehead atoms. The topological polar surface area (TPSA) is 44.6 Å². The van der Waals surface area contributed by atoms with Crippen LogP contribution in [0.15, 0.2) is 4.99 Å². The fourth-order valence-corrected chi connectivity index (χ4v) is 2.04. The smallest absolute Gasteiger partial charge is 0.0521 e. The molecule has 0 aromatic heterocycles. The second-order valence-electron chi connectivity index (χ2n) is 4.30. The Morgan fingerprint density at radius 2 is 2.06 bits per heavy atom. The van der Waals surface area contributed by atoms with Crippen molar-refractivity contribution < 1.29 is 5.11 Å². The molecule has 0 spiro atoms. The molecule has 0 heterocycles. The molecule has 0 fully saturated rings. The van der Waals surface area contributed by atoms with E-state index in [1.165, 1.54) is 5.71 Å². The highest BCUT2D eigenvalue weighted by atomic mass is 32.2. The molecule has 0 aliphatic rings. The molecular weight excluding hydrogens is 220 g/mol. The summed E-state index contributed by atoms with van der Waals surface area (Å²) in [6.45, 7) is 9.66. The van der Waals surface area contributed by atoms with E-state index in [4.69, 9.17) is 5.11 Å². The molecule has 2 N–H and O–H groups in total. The maximum atomic E-state index is 8.58. The summed E-state index contributed by atoms with van der Waals surface area (Å²) in [5.41, 5.74) is 1.26. The molecule has 0 saturated carbocycles. The van der Waals surface area contributed by atoms with Crippen LogP contribution in [0.5, 0.6) is 0 Å². The standard InChI is InChI=1S/C12H26N2OS/c1-11(2)10-12(3)14-5-4-13-6-8-16-9-7-15/h11,13,15H,4-10H2,1-3H3. The first-order valence-corrected chi connectivity index (χ1v) is 7.21. The highest BCUT2D eigenvalue weighted by Crippen LogP contribution is 2.00. The predicted octanol–water partition coefficient (Wildman–Crippen LogP) is 1.81. The number of rotatable bonds is 10. The van der Waals surface area contributed by atoms with Crippen LogP contribution < -0.4 is 5.32 Å². The minimum absolute atomic E-state index is 0.281. The molecule has 0 rings (SSSR count). The zero-order chi connectivity index (χ0) is 12.2. The molecule has 0 aliphatic carbocycles. The minimum Gasteiger partial charge on any atom is -0.396 e. The van der Waals surface area contributed by atoms with Crippen molar-refractivity contribution in [3.8, 4) is 0 Å². The molecule has 96 valence electrons. The Balaban J connectivity index is 3.25. The first kappa shape index (κ1) is 15.9. The van der Waals surface area contributed by atoms with Crippen LogP contribution in [0.2, 0.25) is 0 Å². The third kappa shape index (κ3) is 12.0. The van der Waals surface area contributed by atoms with E-state index < -0.39 is 0 Å². The van der Waals surface area contributed by atoms with E-state index in [-0.39, 0.29) is 6.61 Å². The van der Waals surface area contributed by atoms with Crippen LogP contribution >= 0.6 is 11.8 Å². The van der Waals surface area contributed by atoms with Crippen LogP contribution in [-0.4, -0.2) is 48.6 Å². The summed E-state index contributed by atoms with van der Waals surface area (Å²) >= 11 is 1.78. The minimum atomic E-state index is 0.281. The van der Waals surface area contributed by atoms with Gasteiger partial charge in [-0.3, -0.25) is 4.99 Å². The van der Waals surface area contributed by atoms with Gasteiger partial charge in [-0.15, -0.1) is 0 Å². The molecule has 0 atom stereocenters. The van der Waals surface area contributed by atoms with Gasteiger partial charge in [0, 0.05) is 30.3 Å². The quantitative estimate of drug-likeness (QED) is 0.456. The maximum Gasteiger partial charge on any atom is 0.0521 e. The summed E-state index contributed by atoms with van der Waals surface area (Å²) in [4.78, 5) is 4.51. The predicted molar refractivity (Wildman–Crippen MR) is 74.7 cm³/mol. The first-order chi connectivity index (χ1) is 7.66. The monoisotopic (exact) mass is 246 g/mol. The lowest BCUT2D eigenvalue weighted by Gasteiger charge is -2.05. The second-order valence-corrected chi connectivity index (χ2v) is 5.53. The van der Waals surface area contributed by atoms with E-state index in [0.717, 1.165) is 37.6 Å². The third-order valence-corrected chi connectivity index (χ3v) is 3.00. The van der Waals surface area contributed by atoms with E-state index in [0.29, 0.717) is 5.92 Å². The Morgan fingerprint density at radius 3 is 2.69 bits per heavy atom. The van der Waals surface area contributed by atoms with Gasteiger partial charge in [0.15, 0.2) is 0 Å². The number of nitrogens with zero attached hydrogens (tertiary/aromatic N) is 1. The third-order valence-electron chi connectivity index (χ3n) is 2.03. The lowest BCUT2D eigenvalue weighted by Crippen LogP contribution is -2.21.